The molecule has 0 aliphatic heterocycles. The third kappa shape index (κ3) is 2.49. The van der Waals surface area contributed by atoms with E-state index in [4.69, 9.17) is 5.73 Å². The number of carbonyl (C=O) groups excluding carboxylic acids is 1. The van der Waals surface area contributed by atoms with Gasteiger partial charge in [0.05, 0.1) is 12.1 Å². The summed E-state index contributed by atoms with van der Waals surface area (Å²) >= 11 is 0. The van der Waals surface area contributed by atoms with Crippen molar-refractivity contribution in [1.29, 1.82) is 0 Å². The van der Waals surface area contributed by atoms with Crippen LogP contribution >= 0.6 is 0 Å². The highest BCUT2D eigenvalue weighted by Gasteiger charge is 2.29. The number of hydrogen-bond donors (Lipinski definition) is 2. The summed E-state index contributed by atoms with van der Waals surface area (Å²) in [5.41, 5.74) is 8.05. The second kappa shape index (κ2) is 4.87. The average Bonchev–Trinajstić information content (AvgIpc) is 2.85. The first-order valence-corrected chi connectivity index (χ1v) is 6.10. The molecule has 2 rings (SSSR count). The predicted octanol–water partition coefficient (Wildman–Crippen LogP) is 0.472. The highest BCUT2D eigenvalue weighted by molar-refractivity contribution is 5.79. The fourth-order valence-corrected chi connectivity index (χ4v) is 2.35. The Morgan fingerprint density at radius 2 is 2.41 bits per heavy atom. The number of amides is 1. The van der Waals surface area contributed by atoms with Crippen LogP contribution in [0.25, 0.3) is 0 Å². The van der Waals surface area contributed by atoms with Crippen molar-refractivity contribution in [3.05, 3.63) is 17.5 Å². The van der Waals surface area contributed by atoms with Crippen LogP contribution in [0.5, 0.6) is 0 Å². The monoisotopic (exact) mass is 236 g/mol. The van der Waals surface area contributed by atoms with Gasteiger partial charge in [-0.2, -0.15) is 5.10 Å². The van der Waals surface area contributed by atoms with Gasteiger partial charge in [0.25, 0.3) is 0 Å². The largest absolute Gasteiger partial charge is 0.352 e. The molecular formula is C12H20N4O. The summed E-state index contributed by atoms with van der Waals surface area (Å²) < 4.78 is 1.81. The van der Waals surface area contributed by atoms with Crippen molar-refractivity contribution in [1.82, 2.24) is 15.1 Å². The van der Waals surface area contributed by atoms with E-state index in [-0.39, 0.29) is 17.9 Å². The summed E-state index contributed by atoms with van der Waals surface area (Å²) in [5.74, 6) is 0.0743. The van der Waals surface area contributed by atoms with Crippen molar-refractivity contribution in [2.75, 3.05) is 0 Å². The van der Waals surface area contributed by atoms with Crippen LogP contribution in [0.3, 0.4) is 0 Å². The summed E-state index contributed by atoms with van der Waals surface area (Å²) in [6.07, 6.45) is 4.73. The summed E-state index contributed by atoms with van der Waals surface area (Å²) in [6, 6.07) is 0.0324. The molecule has 1 aromatic rings. The van der Waals surface area contributed by atoms with Crippen LogP contribution in [-0.2, 0) is 18.4 Å². The molecule has 3 N–H and O–H groups in total. The van der Waals surface area contributed by atoms with Gasteiger partial charge in [-0.3, -0.25) is 9.48 Å². The maximum absolute atomic E-state index is 11.9. The van der Waals surface area contributed by atoms with Crippen molar-refractivity contribution >= 4 is 5.91 Å². The lowest BCUT2D eigenvalue weighted by atomic mass is 10.0. The molecule has 0 saturated heterocycles. The van der Waals surface area contributed by atoms with Crippen molar-refractivity contribution in [2.24, 2.45) is 18.7 Å². The number of nitrogens with one attached hydrogen (secondary N) is 1. The van der Waals surface area contributed by atoms with Crippen LogP contribution in [0.2, 0.25) is 0 Å². The first-order chi connectivity index (χ1) is 8.09. The normalized spacial score (nSPS) is 23.9. The second-order valence-electron chi connectivity index (χ2n) is 4.80. The molecule has 0 bridgehead atoms. The summed E-state index contributed by atoms with van der Waals surface area (Å²) in [5, 5.41) is 7.10. The van der Waals surface area contributed by atoms with E-state index < -0.39 is 0 Å². The van der Waals surface area contributed by atoms with Crippen LogP contribution in [-0.4, -0.2) is 21.7 Å². The molecule has 0 spiro atoms. The quantitative estimate of drug-likeness (QED) is 0.801. The van der Waals surface area contributed by atoms with E-state index in [0.29, 0.717) is 6.54 Å². The smallest absolute Gasteiger partial charge is 0.224 e. The SMILES string of the molecule is Cc1c(CNC(=O)C2CCCC2N)cnn1C. The van der Waals surface area contributed by atoms with Gasteiger partial charge in [0.2, 0.25) is 5.91 Å². The van der Waals surface area contributed by atoms with E-state index in [2.05, 4.69) is 10.4 Å². The van der Waals surface area contributed by atoms with E-state index >= 15 is 0 Å². The minimum Gasteiger partial charge on any atom is -0.352 e. The number of nitrogens with two attached hydrogens (primary N) is 1. The molecule has 5 heteroatoms. The van der Waals surface area contributed by atoms with E-state index in [1.807, 2.05) is 18.7 Å². The summed E-state index contributed by atoms with van der Waals surface area (Å²) in [7, 11) is 1.90. The Morgan fingerprint density at radius 3 is 2.94 bits per heavy atom. The molecular weight excluding hydrogens is 216 g/mol. The van der Waals surface area contributed by atoms with Crippen molar-refractivity contribution in [3.63, 3.8) is 0 Å². The molecule has 1 saturated carbocycles. The lowest BCUT2D eigenvalue weighted by Crippen LogP contribution is -2.38. The van der Waals surface area contributed by atoms with E-state index in [1.54, 1.807) is 6.20 Å². The molecule has 1 aromatic heterocycles. The van der Waals surface area contributed by atoms with Crippen molar-refractivity contribution in [3.8, 4) is 0 Å². The lowest BCUT2D eigenvalue weighted by molar-refractivity contribution is -0.125. The highest BCUT2D eigenvalue weighted by atomic mass is 16.1. The van der Waals surface area contributed by atoms with Gasteiger partial charge in [0.15, 0.2) is 0 Å². The maximum Gasteiger partial charge on any atom is 0.224 e. The van der Waals surface area contributed by atoms with Gasteiger partial charge in [-0.25, -0.2) is 0 Å². The highest BCUT2D eigenvalue weighted by Crippen LogP contribution is 2.24. The van der Waals surface area contributed by atoms with E-state index in [9.17, 15) is 4.79 Å². The van der Waals surface area contributed by atoms with E-state index in [0.717, 1.165) is 30.5 Å². The molecule has 1 fully saturated rings. The Morgan fingerprint density at radius 1 is 1.65 bits per heavy atom. The number of carbonyl (C=O) groups is 1. The third-order valence-corrected chi connectivity index (χ3v) is 3.70. The van der Waals surface area contributed by atoms with Crippen molar-refractivity contribution < 1.29 is 4.79 Å². The van der Waals surface area contributed by atoms with Crippen LogP contribution < -0.4 is 11.1 Å². The Kier molecular flexibility index (Phi) is 3.47. The van der Waals surface area contributed by atoms with Gasteiger partial charge in [0, 0.05) is 30.9 Å². The first-order valence-electron chi connectivity index (χ1n) is 6.10. The molecule has 17 heavy (non-hydrogen) atoms. The number of aromatic nitrogens is 2. The topological polar surface area (TPSA) is 72.9 Å². The minimum absolute atomic E-state index is 0.00743. The summed E-state index contributed by atoms with van der Waals surface area (Å²) in [4.78, 5) is 11.9. The molecule has 1 aliphatic rings. The van der Waals surface area contributed by atoms with Crippen molar-refractivity contribution in [2.45, 2.75) is 38.8 Å². The number of hydrogen-bond acceptors (Lipinski definition) is 3. The Bertz CT molecular complexity index is 413. The van der Waals surface area contributed by atoms with Gasteiger partial charge in [-0.05, 0) is 19.8 Å². The van der Waals surface area contributed by atoms with E-state index in [1.165, 1.54) is 0 Å². The predicted molar refractivity (Wildman–Crippen MR) is 65.1 cm³/mol. The second-order valence-corrected chi connectivity index (χ2v) is 4.80. The molecule has 1 aliphatic carbocycles. The number of rotatable bonds is 3. The molecule has 5 nitrogen and oxygen atoms in total. The third-order valence-electron chi connectivity index (χ3n) is 3.70. The van der Waals surface area contributed by atoms with Gasteiger partial charge in [0.1, 0.15) is 0 Å². The Labute approximate surface area is 101 Å². The van der Waals surface area contributed by atoms with Gasteiger partial charge >= 0.3 is 0 Å². The summed E-state index contributed by atoms with van der Waals surface area (Å²) in [6.45, 7) is 2.54. The van der Waals surface area contributed by atoms with Gasteiger partial charge in [-0.15, -0.1) is 0 Å². The Hall–Kier alpha value is -1.36. The number of aryl methyl sites for hydroxylation is 1. The fourth-order valence-electron chi connectivity index (χ4n) is 2.35. The molecule has 0 radical (unpaired) electrons. The zero-order valence-electron chi connectivity index (χ0n) is 10.4. The first kappa shape index (κ1) is 12.1. The Balaban J connectivity index is 1.90. The zero-order chi connectivity index (χ0) is 12.4. The molecule has 2 atom stereocenters. The lowest BCUT2D eigenvalue weighted by Gasteiger charge is -2.14. The van der Waals surface area contributed by atoms with Gasteiger partial charge in [-0.1, -0.05) is 6.42 Å². The molecule has 94 valence electrons. The molecule has 1 heterocycles. The fraction of sp³-hybridized carbons (Fsp3) is 0.667. The standard InChI is InChI=1S/C12H20N4O/c1-8-9(7-15-16(8)2)6-14-12(17)10-4-3-5-11(10)13/h7,10-11H,3-6,13H2,1-2H3,(H,14,17). The molecule has 1 amide bonds. The van der Waals surface area contributed by atoms with Crippen LogP contribution in [0.15, 0.2) is 6.20 Å². The molecule has 2 unspecified atom stereocenters. The van der Waals surface area contributed by atoms with Crippen LogP contribution in [0.4, 0.5) is 0 Å². The van der Waals surface area contributed by atoms with Crippen LogP contribution in [0, 0.1) is 12.8 Å². The van der Waals surface area contributed by atoms with Crippen LogP contribution in [0.1, 0.15) is 30.5 Å². The molecule has 0 aromatic carbocycles. The number of nitrogens with zero attached hydrogens (tertiary/aromatic N) is 2. The zero-order valence-corrected chi connectivity index (χ0v) is 10.4. The average molecular weight is 236 g/mol. The minimum atomic E-state index is -0.00743. The maximum atomic E-state index is 11.9. The van der Waals surface area contributed by atoms with Gasteiger partial charge < -0.3 is 11.1 Å².